The number of hydrogen-bond acceptors (Lipinski definition) is 3. The van der Waals surface area contributed by atoms with Crippen LogP contribution < -0.4 is 11.1 Å². The molecule has 0 radical (unpaired) electrons. The maximum absolute atomic E-state index is 12.0. The van der Waals surface area contributed by atoms with Gasteiger partial charge in [-0.15, -0.1) is 0 Å². The molecule has 86 valence electrons. The molecule has 0 aliphatic heterocycles. The Kier molecular flexibility index (Phi) is 3.39. The maximum atomic E-state index is 12.0. The average molecular weight is 292 g/mol. The van der Waals surface area contributed by atoms with E-state index in [0.717, 1.165) is 4.47 Å². The molecule has 0 aliphatic rings. The van der Waals surface area contributed by atoms with Crippen molar-refractivity contribution < 1.29 is 4.79 Å². The maximum Gasteiger partial charge on any atom is 0.257 e. The Morgan fingerprint density at radius 1 is 1.24 bits per heavy atom. The Labute approximate surface area is 107 Å². The lowest BCUT2D eigenvalue weighted by Gasteiger charge is -2.07. The Morgan fingerprint density at radius 3 is 2.65 bits per heavy atom. The molecule has 2 aromatic rings. The number of carbonyl (C=O) groups is 1. The lowest BCUT2D eigenvalue weighted by Crippen LogP contribution is -2.14. The van der Waals surface area contributed by atoms with E-state index in [1.807, 2.05) is 0 Å². The first kappa shape index (κ1) is 11.6. The molecule has 0 bridgehead atoms. The summed E-state index contributed by atoms with van der Waals surface area (Å²) >= 11 is 3.30. The van der Waals surface area contributed by atoms with E-state index < -0.39 is 0 Å². The van der Waals surface area contributed by atoms with Gasteiger partial charge in [0.25, 0.3) is 5.91 Å². The molecular weight excluding hydrogens is 282 g/mol. The number of nitrogens with two attached hydrogens (primary N) is 1. The van der Waals surface area contributed by atoms with Crippen LogP contribution in [0.1, 0.15) is 10.4 Å². The second kappa shape index (κ2) is 4.97. The summed E-state index contributed by atoms with van der Waals surface area (Å²) in [6, 6.07) is 8.59. The van der Waals surface area contributed by atoms with Crippen LogP contribution >= 0.6 is 15.9 Å². The van der Waals surface area contributed by atoms with Crippen LogP contribution in [0.2, 0.25) is 0 Å². The number of halogens is 1. The molecule has 17 heavy (non-hydrogen) atoms. The number of amides is 1. The van der Waals surface area contributed by atoms with E-state index in [2.05, 4.69) is 26.2 Å². The van der Waals surface area contributed by atoms with Gasteiger partial charge in [-0.1, -0.05) is 15.9 Å². The molecule has 3 N–H and O–H groups in total. The van der Waals surface area contributed by atoms with Crippen molar-refractivity contribution in [3.05, 3.63) is 52.8 Å². The predicted molar refractivity (Wildman–Crippen MR) is 70.7 cm³/mol. The number of benzene rings is 1. The van der Waals surface area contributed by atoms with Gasteiger partial charge in [0.2, 0.25) is 0 Å². The third kappa shape index (κ3) is 2.82. The molecule has 0 atom stereocenters. The largest absolute Gasteiger partial charge is 0.398 e. The molecule has 0 saturated heterocycles. The number of anilines is 2. The van der Waals surface area contributed by atoms with Crippen LogP contribution in [0.3, 0.4) is 0 Å². The number of nitrogens with one attached hydrogen (secondary N) is 1. The van der Waals surface area contributed by atoms with E-state index in [1.165, 1.54) is 0 Å². The van der Waals surface area contributed by atoms with Gasteiger partial charge in [-0.3, -0.25) is 9.78 Å². The van der Waals surface area contributed by atoms with Crippen LogP contribution in [0.25, 0.3) is 0 Å². The number of carbonyl (C=O) groups excluding carboxylic acids is 1. The fourth-order valence-electron chi connectivity index (χ4n) is 1.36. The van der Waals surface area contributed by atoms with Gasteiger partial charge in [0, 0.05) is 28.2 Å². The Balaban J connectivity index is 2.23. The van der Waals surface area contributed by atoms with Crippen LogP contribution in [0.15, 0.2) is 47.2 Å². The number of rotatable bonds is 2. The highest BCUT2D eigenvalue weighted by Crippen LogP contribution is 2.19. The molecule has 0 unspecified atom stereocenters. The first-order chi connectivity index (χ1) is 8.16. The minimum atomic E-state index is -0.241. The Morgan fingerprint density at radius 2 is 1.94 bits per heavy atom. The fourth-order valence-corrected chi connectivity index (χ4v) is 1.72. The van der Waals surface area contributed by atoms with Crippen molar-refractivity contribution in [1.29, 1.82) is 0 Å². The standard InChI is InChI=1S/C12H10BrN3O/c13-8-1-2-11(14)10(7-8)12(17)16-9-3-5-15-6-4-9/h1-7H,14H2,(H,15,16,17). The van der Waals surface area contributed by atoms with Crippen molar-refractivity contribution in [3.63, 3.8) is 0 Å². The number of aromatic nitrogens is 1. The van der Waals surface area contributed by atoms with Crippen LogP contribution in [0.5, 0.6) is 0 Å². The summed E-state index contributed by atoms with van der Waals surface area (Å²) in [5, 5.41) is 2.75. The quantitative estimate of drug-likeness (QED) is 0.836. The lowest BCUT2D eigenvalue weighted by atomic mass is 10.1. The summed E-state index contributed by atoms with van der Waals surface area (Å²) in [5.74, 6) is -0.241. The van der Waals surface area contributed by atoms with Gasteiger partial charge >= 0.3 is 0 Å². The Hall–Kier alpha value is -1.88. The smallest absolute Gasteiger partial charge is 0.257 e. The molecule has 0 aliphatic carbocycles. The molecular formula is C12H10BrN3O. The van der Waals surface area contributed by atoms with Gasteiger partial charge in [0.1, 0.15) is 0 Å². The van der Waals surface area contributed by atoms with Gasteiger partial charge in [0.15, 0.2) is 0 Å². The van der Waals surface area contributed by atoms with E-state index >= 15 is 0 Å². The number of hydrogen-bond donors (Lipinski definition) is 2. The monoisotopic (exact) mass is 291 g/mol. The zero-order chi connectivity index (χ0) is 12.3. The highest BCUT2D eigenvalue weighted by atomic mass is 79.9. The van der Waals surface area contributed by atoms with Gasteiger partial charge in [-0.25, -0.2) is 0 Å². The van der Waals surface area contributed by atoms with E-state index in [4.69, 9.17) is 5.73 Å². The summed E-state index contributed by atoms with van der Waals surface area (Å²) in [6.45, 7) is 0. The third-order valence-corrected chi connectivity index (χ3v) is 2.69. The second-order valence-corrected chi connectivity index (χ2v) is 4.34. The summed E-state index contributed by atoms with van der Waals surface area (Å²) < 4.78 is 0.812. The summed E-state index contributed by atoms with van der Waals surface area (Å²) in [7, 11) is 0. The van der Waals surface area contributed by atoms with E-state index in [-0.39, 0.29) is 5.91 Å². The molecule has 5 heteroatoms. The molecule has 4 nitrogen and oxygen atoms in total. The summed E-state index contributed by atoms with van der Waals surface area (Å²) in [4.78, 5) is 15.8. The zero-order valence-electron chi connectivity index (χ0n) is 8.85. The van der Waals surface area contributed by atoms with Gasteiger partial charge < -0.3 is 11.1 Å². The van der Waals surface area contributed by atoms with Crippen LogP contribution in [-0.2, 0) is 0 Å². The first-order valence-electron chi connectivity index (χ1n) is 4.93. The zero-order valence-corrected chi connectivity index (χ0v) is 10.4. The van der Waals surface area contributed by atoms with Crippen LogP contribution in [0.4, 0.5) is 11.4 Å². The number of nitrogen functional groups attached to an aromatic ring is 1. The molecule has 1 amide bonds. The minimum Gasteiger partial charge on any atom is -0.398 e. The predicted octanol–water partition coefficient (Wildman–Crippen LogP) is 2.68. The molecule has 0 saturated carbocycles. The number of pyridine rings is 1. The fraction of sp³-hybridized carbons (Fsp3) is 0. The van der Waals surface area contributed by atoms with Crippen LogP contribution in [-0.4, -0.2) is 10.9 Å². The van der Waals surface area contributed by atoms with Crippen molar-refractivity contribution in [2.45, 2.75) is 0 Å². The van der Waals surface area contributed by atoms with Crippen molar-refractivity contribution in [2.75, 3.05) is 11.1 Å². The van der Waals surface area contributed by atoms with Gasteiger partial charge in [-0.05, 0) is 30.3 Å². The minimum absolute atomic E-state index is 0.241. The molecule has 1 heterocycles. The van der Waals surface area contributed by atoms with Gasteiger partial charge in [-0.2, -0.15) is 0 Å². The van der Waals surface area contributed by atoms with E-state index in [0.29, 0.717) is 16.9 Å². The van der Waals surface area contributed by atoms with E-state index in [1.54, 1.807) is 42.7 Å². The van der Waals surface area contributed by atoms with Crippen molar-refractivity contribution >= 4 is 33.2 Å². The van der Waals surface area contributed by atoms with Crippen molar-refractivity contribution in [1.82, 2.24) is 4.98 Å². The van der Waals surface area contributed by atoms with Crippen molar-refractivity contribution in [2.24, 2.45) is 0 Å². The topological polar surface area (TPSA) is 68.0 Å². The molecule has 2 rings (SSSR count). The van der Waals surface area contributed by atoms with Gasteiger partial charge in [0.05, 0.1) is 5.56 Å². The highest BCUT2D eigenvalue weighted by molar-refractivity contribution is 9.10. The molecule has 0 fully saturated rings. The second-order valence-electron chi connectivity index (χ2n) is 3.42. The number of nitrogens with zero attached hydrogens (tertiary/aromatic N) is 1. The summed E-state index contributed by atoms with van der Waals surface area (Å²) in [5.41, 5.74) is 7.32. The van der Waals surface area contributed by atoms with Crippen molar-refractivity contribution in [3.8, 4) is 0 Å². The third-order valence-electron chi connectivity index (χ3n) is 2.20. The van der Waals surface area contributed by atoms with Crippen LogP contribution in [0, 0.1) is 0 Å². The molecule has 1 aromatic carbocycles. The Bertz CT molecular complexity index is 543. The molecule has 0 spiro atoms. The lowest BCUT2D eigenvalue weighted by molar-refractivity contribution is 0.102. The first-order valence-corrected chi connectivity index (χ1v) is 5.72. The summed E-state index contributed by atoms with van der Waals surface area (Å²) in [6.07, 6.45) is 3.22. The SMILES string of the molecule is Nc1ccc(Br)cc1C(=O)Nc1ccncc1. The average Bonchev–Trinajstić information content (AvgIpc) is 2.33. The highest BCUT2D eigenvalue weighted by Gasteiger charge is 2.10. The van der Waals surface area contributed by atoms with E-state index in [9.17, 15) is 4.79 Å². The molecule has 1 aromatic heterocycles. The normalized spacial score (nSPS) is 9.94.